The Morgan fingerprint density at radius 3 is 1.00 bits per heavy atom. The maximum absolute atomic E-state index is 10.1. The summed E-state index contributed by atoms with van der Waals surface area (Å²) in [4.78, 5) is 20.3. The maximum Gasteiger partial charge on any atom is 0.303 e. The zero-order chi connectivity index (χ0) is 22.8. The zero-order valence-electron chi connectivity index (χ0n) is 16.8. The molecular formula is C22H30O8. The number of carboxylic acid groups (broad SMARTS) is 2. The Morgan fingerprint density at radius 1 is 0.533 bits per heavy atom. The Bertz CT molecular complexity index is 647. The fourth-order valence-corrected chi connectivity index (χ4v) is 2.25. The van der Waals surface area contributed by atoms with Gasteiger partial charge in [-0.1, -0.05) is 37.8 Å². The van der Waals surface area contributed by atoms with Crippen LogP contribution >= 0.6 is 0 Å². The third-order valence-electron chi connectivity index (χ3n) is 3.69. The van der Waals surface area contributed by atoms with E-state index in [9.17, 15) is 9.59 Å². The molecule has 0 saturated carbocycles. The minimum absolute atomic E-state index is 0.0880. The molecule has 0 aliphatic carbocycles. The Hall–Kier alpha value is -3.42. The summed E-state index contributed by atoms with van der Waals surface area (Å²) in [6.45, 7) is 0. The molecule has 0 amide bonds. The smallest absolute Gasteiger partial charge is 0.303 e. The molecule has 2 rings (SSSR count). The van der Waals surface area contributed by atoms with E-state index in [4.69, 9.17) is 30.6 Å². The highest BCUT2D eigenvalue weighted by Gasteiger charge is 1.98. The van der Waals surface area contributed by atoms with Crippen molar-refractivity contribution in [3.63, 3.8) is 0 Å². The fourth-order valence-electron chi connectivity index (χ4n) is 2.25. The first-order valence-electron chi connectivity index (χ1n) is 9.60. The monoisotopic (exact) mass is 422 g/mol. The Morgan fingerprint density at radius 2 is 0.800 bits per heavy atom. The van der Waals surface area contributed by atoms with Crippen LogP contribution in [0.15, 0.2) is 48.5 Å². The van der Waals surface area contributed by atoms with E-state index in [-0.39, 0.29) is 35.8 Å². The molecule has 0 aromatic heterocycles. The molecule has 166 valence electrons. The second-order valence-electron chi connectivity index (χ2n) is 6.45. The van der Waals surface area contributed by atoms with Gasteiger partial charge in [0.2, 0.25) is 0 Å². The van der Waals surface area contributed by atoms with Crippen molar-refractivity contribution >= 4 is 11.9 Å². The van der Waals surface area contributed by atoms with Crippen molar-refractivity contribution in [3.05, 3.63) is 48.5 Å². The number of phenols is 4. The van der Waals surface area contributed by atoms with Gasteiger partial charge in [0, 0.05) is 25.0 Å². The first kappa shape index (κ1) is 26.6. The molecule has 0 bridgehead atoms. The summed E-state index contributed by atoms with van der Waals surface area (Å²) in [5.41, 5.74) is 0. The van der Waals surface area contributed by atoms with Gasteiger partial charge in [-0.05, 0) is 37.1 Å². The number of phenolic OH excluding ortho intramolecular Hbond substituents is 4. The number of hydrogen-bond donors (Lipinski definition) is 6. The van der Waals surface area contributed by atoms with Crippen molar-refractivity contribution in [2.24, 2.45) is 0 Å². The van der Waals surface area contributed by atoms with Crippen molar-refractivity contribution in [2.45, 2.75) is 51.4 Å². The van der Waals surface area contributed by atoms with E-state index < -0.39 is 11.9 Å². The lowest BCUT2D eigenvalue weighted by Crippen LogP contribution is -1.94. The summed E-state index contributed by atoms with van der Waals surface area (Å²) in [5.74, 6) is -1.13. The lowest BCUT2D eigenvalue weighted by atomic mass is 10.1. The molecule has 0 aliphatic heterocycles. The van der Waals surface area contributed by atoms with Crippen molar-refractivity contribution in [1.29, 1.82) is 0 Å². The number of carboxylic acids is 2. The molecular weight excluding hydrogens is 392 g/mol. The minimum Gasteiger partial charge on any atom is -0.508 e. The topological polar surface area (TPSA) is 156 Å². The molecule has 0 unspecified atom stereocenters. The van der Waals surface area contributed by atoms with Gasteiger partial charge in [0.1, 0.15) is 23.0 Å². The maximum atomic E-state index is 10.1. The number of hydrogen-bond acceptors (Lipinski definition) is 6. The van der Waals surface area contributed by atoms with Crippen LogP contribution in [0.5, 0.6) is 23.0 Å². The van der Waals surface area contributed by atoms with Crippen LogP contribution in [-0.2, 0) is 9.59 Å². The number of rotatable bonds is 9. The molecule has 0 fully saturated rings. The molecule has 8 nitrogen and oxygen atoms in total. The number of carbonyl (C=O) groups is 2. The molecule has 2 aromatic rings. The number of unbranched alkanes of at least 4 members (excludes halogenated alkanes) is 5. The van der Waals surface area contributed by atoms with Gasteiger partial charge in [-0.15, -0.1) is 0 Å². The van der Waals surface area contributed by atoms with E-state index in [0.29, 0.717) is 0 Å². The summed E-state index contributed by atoms with van der Waals surface area (Å²) in [6, 6.07) is 11.7. The van der Waals surface area contributed by atoms with Crippen LogP contribution in [0.1, 0.15) is 51.4 Å². The van der Waals surface area contributed by atoms with Gasteiger partial charge >= 0.3 is 11.9 Å². The minimum atomic E-state index is -0.740. The third-order valence-corrected chi connectivity index (χ3v) is 3.69. The lowest BCUT2D eigenvalue weighted by Gasteiger charge is -1.98. The van der Waals surface area contributed by atoms with Gasteiger partial charge in [-0.25, -0.2) is 0 Å². The highest BCUT2D eigenvalue weighted by molar-refractivity contribution is 5.66. The SMILES string of the molecule is O=C(O)CCCCCCCCC(=O)O.Oc1cccc(O)c1.Oc1cccc(O)c1. The number of aromatic hydroxyl groups is 4. The van der Waals surface area contributed by atoms with Gasteiger partial charge in [0.05, 0.1) is 0 Å². The van der Waals surface area contributed by atoms with E-state index in [1.54, 1.807) is 12.1 Å². The van der Waals surface area contributed by atoms with Gasteiger partial charge < -0.3 is 30.6 Å². The number of aliphatic carboxylic acids is 2. The average Bonchev–Trinajstić information content (AvgIpc) is 2.64. The normalized spacial score (nSPS) is 9.47. The molecule has 6 N–H and O–H groups in total. The molecule has 8 heteroatoms. The van der Waals surface area contributed by atoms with Crippen LogP contribution in [0.25, 0.3) is 0 Å². The van der Waals surface area contributed by atoms with E-state index in [0.717, 1.165) is 38.5 Å². The Kier molecular flexibility index (Phi) is 14.6. The van der Waals surface area contributed by atoms with Crippen molar-refractivity contribution in [2.75, 3.05) is 0 Å². The molecule has 0 heterocycles. The van der Waals surface area contributed by atoms with Crippen LogP contribution in [0.2, 0.25) is 0 Å². The predicted molar refractivity (Wildman–Crippen MR) is 112 cm³/mol. The summed E-state index contributed by atoms with van der Waals surface area (Å²) < 4.78 is 0. The van der Waals surface area contributed by atoms with Gasteiger partial charge in [0.15, 0.2) is 0 Å². The van der Waals surface area contributed by atoms with Crippen LogP contribution in [0.4, 0.5) is 0 Å². The van der Waals surface area contributed by atoms with Crippen LogP contribution < -0.4 is 0 Å². The summed E-state index contributed by atoms with van der Waals surface area (Å²) >= 11 is 0. The van der Waals surface area contributed by atoms with E-state index >= 15 is 0 Å². The van der Waals surface area contributed by atoms with Gasteiger partial charge in [-0.2, -0.15) is 0 Å². The molecule has 0 saturated heterocycles. The molecule has 0 radical (unpaired) electrons. The quantitative estimate of drug-likeness (QED) is 0.323. The van der Waals surface area contributed by atoms with Crippen LogP contribution in [-0.4, -0.2) is 42.6 Å². The standard InChI is InChI=1S/C10H18O4.2C6H6O2/c11-9(12)7-5-3-1-2-4-6-8-10(13)14;2*7-5-2-1-3-6(8)4-5/h1-8H2,(H,11,12)(H,13,14);2*1-4,7-8H. The Labute approximate surface area is 175 Å². The van der Waals surface area contributed by atoms with E-state index in [2.05, 4.69) is 0 Å². The van der Waals surface area contributed by atoms with Crippen LogP contribution in [0.3, 0.4) is 0 Å². The fraction of sp³-hybridized carbons (Fsp3) is 0.364. The van der Waals surface area contributed by atoms with Gasteiger partial charge in [-0.3, -0.25) is 9.59 Å². The first-order valence-corrected chi connectivity index (χ1v) is 9.60. The molecule has 30 heavy (non-hydrogen) atoms. The van der Waals surface area contributed by atoms with E-state index in [1.807, 2.05) is 0 Å². The summed E-state index contributed by atoms with van der Waals surface area (Å²) in [5, 5.41) is 51.3. The van der Waals surface area contributed by atoms with Gasteiger partial charge in [0.25, 0.3) is 0 Å². The Balaban J connectivity index is 0.000000447. The zero-order valence-corrected chi connectivity index (χ0v) is 16.8. The van der Waals surface area contributed by atoms with Crippen molar-refractivity contribution in [3.8, 4) is 23.0 Å². The van der Waals surface area contributed by atoms with E-state index in [1.165, 1.54) is 36.4 Å². The van der Waals surface area contributed by atoms with Crippen molar-refractivity contribution < 1.29 is 40.2 Å². The summed E-state index contributed by atoms with van der Waals surface area (Å²) in [6.07, 6.45) is 5.82. The first-order chi connectivity index (χ1) is 14.2. The highest BCUT2D eigenvalue weighted by Crippen LogP contribution is 2.15. The average molecular weight is 422 g/mol. The summed E-state index contributed by atoms with van der Waals surface area (Å²) in [7, 11) is 0. The van der Waals surface area contributed by atoms with Crippen molar-refractivity contribution in [1.82, 2.24) is 0 Å². The van der Waals surface area contributed by atoms with Crippen LogP contribution in [0, 0.1) is 0 Å². The third kappa shape index (κ3) is 18.0. The predicted octanol–water partition coefficient (Wildman–Crippen LogP) is 4.47. The number of benzene rings is 2. The second-order valence-corrected chi connectivity index (χ2v) is 6.45. The molecule has 0 aliphatic rings. The molecule has 0 spiro atoms. The second kappa shape index (κ2) is 16.5. The lowest BCUT2D eigenvalue weighted by molar-refractivity contribution is -0.138. The molecule has 2 aromatic carbocycles. The highest BCUT2D eigenvalue weighted by atomic mass is 16.4. The molecule has 0 atom stereocenters. The largest absolute Gasteiger partial charge is 0.508 e.